The zero-order chi connectivity index (χ0) is 13.1. The first-order valence-corrected chi connectivity index (χ1v) is 6.46. The van der Waals surface area contributed by atoms with Crippen LogP contribution in [0.3, 0.4) is 0 Å². The summed E-state index contributed by atoms with van der Waals surface area (Å²) in [6, 6.07) is 9.05. The molecule has 0 aliphatic rings. The molecule has 2 unspecified atom stereocenters. The van der Waals surface area contributed by atoms with Gasteiger partial charge in [-0.2, -0.15) is 0 Å². The SMILES string of the molecule is CCC(C)C(NN)c1ccc(C(C)(C)C)cc1. The van der Waals surface area contributed by atoms with Crippen LogP contribution in [-0.4, -0.2) is 0 Å². The summed E-state index contributed by atoms with van der Waals surface area (Å²) in [6.07, 6.45) is 1.12. The second-order valence-corrected chi connectivity index (χ2v) is 5.90. The lowest BCUT2D eigenvalue weighted by Gasteiger charge is -2.24. The second-order valence-electron chi connectivity index (χ2n) is 5.90. The van der Waals surface area contributed by atoms with Gasteiger partial charge in [-0.3, -0.25) is 11.3 Å². The quantitative estimate of drug-likeness (QED) is 0.618. The Morgan fingerprint density at radius 1 is 1.18 bits per heavy atom. The van der Waals surface area contributed by atoms with Crippen LogP contribution in [0.5, 0.6) is 0 Å². The van der Waals surface area contributed by atoms with Crippen molar-refractivity contribution in [3.05, 3.63) is 35.4 Å². The molecule has 1 aromatic carbocycles. The van der Waals surface area contributed by atoms with Gasteiger partial charge in [0.15, 0.2) is 0 Å². The summed E-state index contributed by atoms with van der Waals surface area (Å²) in [5.74, 6) is 6.20. The molecule has 17 heavy (non-hydrogen) atoms. The minimum atomic E-state index is 0.209. The van der Waals surface area contributed by atoms with E-state index in [1.165, 1.54) is 11.1 Å². The normalized spacial score (nSPS) is 15.6. The second kappa shape index (κ2) is 5.65. The highest BCUT2D eigenvalue weighted by atomic mass is 15.2. The summed E-state index contributed by atoms with van der Waals surface area (Å²) >= 11 is 0. The lowest BCUT2D eigenvalue weighted by molar-refractivity contribution is 0.383. The molecule has 0 saturated carbocycles. The van der Waals surface area contributed by atoms with Crippen molar-refractivity contribution in [3.63, 3.8) is 0 Å². The predicted molar refractivity (Wildman–Crippen MR) is 74.7 cm³/mol. The minimum absolute atomic E-state index is 0.209. The Kier molecular flexibility index (Phi) is 4.72. The van der Waals surface area contributed by atoms with Crippen molar-refractivity contribution >= 4 is 0 Å². The number of rotatable bonds is 4. The van der Waals surface area contributed by atoms with Gasteiger partial charge in [0.05, 0.1) is 0 Å². The molecule has 96 valence electrons. The maximum atomic E-state index is 5.66. The van der Waals surface area contributed by atoms with E-state index < -0.39 is 0 Å². The lowest BCUT2D eigenvalue weighted by atomic mass is 9.85. The molecule has 1 rings (SSSR count). The highest BCUT2D eigenvalue weighted by molar-refractivity contribution is 5.29. The molecule has 0 heterocycles. The number of hydrogen-bond acceptors (Lipinski definition) is 2. The first-order valence-electron chi connectivity index (χ1n) is 6.46. The fourth-order valence-electron chi connectivity index (χ4n) is 2.02. The van der Waals surface area contributed by atoms with Gasteiger partial charge in [0, 0.05) is 6.04 Å². The lowest BCUT2D eigenvalue weighted by Crippen LogP contribution is -2.32. The van der Waals surface area contributed by atoms with Gasteiger partial charge in [-0.1, -0.05) is 65.3 Å². The van der Waals surface area contributed by atoms with Gasteiger partial charge in [0.25, 0.3) is 0 Å². The molecule has 0 aromatic heterocycles. The van der Waals surface area contributed by atoms with Crippen molar-refractivity contribution in [3.8, 4) is 0 Å². The Labute approximate surface area is 106 Å². The number of nitrogens with two attached hydrogens (primary N) is 1. The summed E-state index contributed by atoms with van der Waals surface area (Å²) in [4.78, 5) is 0. The largest absolute Gasteiger partial charge is 0.271 e. The first kappa shape index (κ1) is 14.2. The van der Waals surface area contributed by atoms with Crippen molar-refractivity contribution < 1.29 is 0 Å². The number of nitrogens with one attached hydrogen (secondary N) is 1. The van der Waals surface area contributed by atoms with Crippen LogP contribution in [0.15, 0.2) is 24.3 Å². The molecule has 0 aliphatic carbocycles. The molecule has 0 bridgehead atoms. The standard InChI is InChI=1S/C15H26N2/c1-6-11(2)14(17-16)12-7-9-13(10-8-12)15(3,4)5/h7-11,14,17H,6,16H2,1-5H3. The minimum Gasteiger partial charge on any atom is -0.271 e. The molecule has 3 N–H and O–H groups in total. The Hall–Kier alpha value is -0.860. The van der Waals surface area contributed by atoms with Gasteiger partial charge >= 0.3 is 0 Å². The van der Waals surface area contributed by atoms with E-state index >= 15 is 0 Å². The Morgan fingerprint density at radius 3 is 2.06 bits per heavy atom. The van der Waals surface area contributed by atoms with Crippen LogP contribution in [0.1, 0.15) is 58.2 Å². The molecule has 2 atom stereocenters. The molecular weight excluding hydrogens is 208 g/mol. The highest BCUT2D eigenvalue weighted by Crippen LogP contribution is 2.27. The van der Waals surface area contributed by atoms with E-state index in [9.17, 15) is 0 Å². The molecule has 1 aromatic rings. The van der Waals surface area contributed by atoms with E-state index in [0.717, 1.165) is 6.42 Å². The topological polar surface area (TPSA) is 38.0 Å². The maximum absolute atomic E-state index is 5.66. The van der Waals surface area contributed by atoms with E-state index in [1.54, 1.807) is 0 Å². The Balaban J connectivity index is 2.93. The van der Waals surface area contributed by atoms with E-state index in [2.05, 4.69) is 64.3 Å². The number of benzene rings is 1. The van der Waals surface area contributed by atoms with Crippen molar-refractivity contribution in [2.45, 2.75) is 52.5 Å². The predicted octanol–water partition coefficient (Wildman–Crippen LogP) is 3.53. The van der Waals surface area contributed by atoms with Crippen LogP contribution in [-0.2, 0) is 5.41 Å². The third-order valence-corrected chi connectivity index (χ3v) is 3.53. The molecule has 0 saturated heterocycles. The summed E-state index contributed by atoms with van der Waals surface area (Å²) in [7, 11) is 0. The average molecular weight is 234 g/mol. The zero-order valence-corrected chi connectivity index (χ0v) is 11.7. The average Bonchev–Trinajstić information content (AvgIpc) is 2.29. The molecule has 0 radical (unpaired) electrons. The summed E-state index contributed by atoms with van der Waals surface area (Å²) in [6.45, 7) is 11.1. The molecule has 0 aliphatic heterocycles. The van der Waals surface area contributed by atoms with Crippen LogP contribution < -0.4 is 11.3 Å². The van der Waals surface area contributed by atoms with E-state index in [-0.39, 0.29) is 11.5 Å². The van der Waals surface area contributed by atoms with Crippen molar-refractivity contribution in [1.29, 1.82) is 0 Å². The van der Waals surface area contributed by atoms with Crippen molar-refractivity contribution in [2.24, 2.45) is 11.8 Å². The smallest absolute Gasteiger partial charge is 0.0485 e. The monoisotopic (exact) mass is 234 g/mol. The molecule has 2 heteroatoms. The van der Waals surface area contributed by atoms with Gasteiger partial charge in [-0.05, 0) is 22.5 Å². The zero-order valence-electron chi connectivity index (χ0n) is 11.7. The van der Waals surface area contributed by atoms with Crippen LogP contribution >= 0.6 is 0 Å². The van der Waals surface area contributed by atoms with Crippen LogP contribution in [0.2, 0.25) is 0 Å². The molecule has 0 amide bonds. The Bertz CT molecular complexity index is 335. The third kappa shape index (κ3) is 3.55. The van der Waals surface area contributed by atoms with Crippen LogP contribution in [0.4, 0.5) is 0 Å². The molecular formula is C15H26N2. The fraction of sp³-hybridized carbons (Fsp3) is 0.600. The van der Waals surface area contributed by atoms with Gasteiger partial charge in [0.2, 0.25) is 0 Å². The van der Waals surface area contributed by atoms with Crippen molar-refractivity contribution in [2.75, 3.05) is 0 Å². The van der Waals surface area contributed by atoms with Gasteiger partial charge in [-0.25, -0.2) is 0 Å². The third-order valence-electron chi connectivity index (χ3n) is 3.53. The molecule has 0 fully saturated rings. The van der Waals surface area contributed by atoms with Gasteiger partial charge in [0.1, 0.15) is 0 Å². The van der Waals surface area contributed by atoms with Crippen LogP contribution in [0.25, 0.3) is 0 Å². The van der Waals surface area contributed by atoms with Gasteiger partial charge in [-0.15, -0.1) is 0 Å². The molecule has 2 nitrogen and oxygen atoms in total. The Morgan fingerprint density at radius 2 is 1.71 bits per heavy atom. The van der Waals surface area contributed by atoms with E-state index in [1.807, 2.05) is 0 Å². The summed E-state index contributed by atoms with van der Waals surface area (Å²) in [5, 5.41) is 0. The van der Waals surface area contributed by atoms with E-state index in [4.69, 9.17) is 5.84 Å². The van der Waals surface area contributed by atoms with Gasteiger partial charge < -0.3 is 0 Å². The van der Waals surface area contributed by atoms with Crippen molar-refractivity contribution in [1.82, 2.24) is 5.43 Å². The number of hydrazine groups is 1. The number of hydrogen-bond donors (Lipinski definition) is 2. The molecule has 0 spiro atoms. The van der Waals surface area contributed by atoms with Crippen LogP contribution in [0, 0.1) is 5.92 Å². The maximum Gasteiger partial charge on any atom is 0.0485 e. The highest BCUT2D eigenvalue weighted by Gasteiger charge is 2.18. The summed E-state index contributed by atoms with van der Waals surface area (Å²) < 4.78 is 0. The van der Waals surface area contributed by atoms with E-state index in [0.29, 0.717) is 5.92 Å². The first-order chi connectivity index (χ1) is 7.90. The fourth-order valence-corrected chi connectivity index (χ4v) is 2.02. The summed E-state index contributed by atoms with van der Waals surface area (Å²) in [5.41, 5.74) is 5.77.